The second kappa shape index (κ2) is 6.29. The van der Waals surface area contributed by atoms with Gasteiger partial charge < -0.3 is 10.2 Å². The lowest BCUT2D eigenvalue weighted by atomic mass is 10.1. The Morgan fingerprint density at radius 3 is 2.35 bits per heavy atom. The largest absolute Gasteiger partial charge is 0.373 e. The Bertz CT molecular complexity index is 433. The minimum absolute atomic E-state index is 0.0927. The van der Waals surface area contributed by atoms with Crippen LogP contribution >= 0.6 is 0 Å². The zero-order valence-corrected chi connectivity index (χ0v) is 13.0. The van der Waals surface area contributed by atoms with Crippen molar-refractivity contribution in [2.45, 2.75) is 40.2 Å². The predicted octanol–water partition coefficient (Wildman–Crippen LogP) is 3.16. The van der Waals surface area contributed by atoms with Gasteiger partial charge in [0.25, 0.3) is 0 Å². The van der Waals surface area contributed by atoms with Gasteiger partial charge in [0.15, 0.2) is 0 Å². The molecule has 0 aliphatic carbocycles. The second-order valence-corrected chi connectivity index (χ2v) is 6.59. The summed E-state index contributed by atoms with van der Waals surface area (Å²) in [5.74, 6) is 1.24. The zero-order valence-electron chi connectivity index (χ0n) is 13.0. The van der Waals surface area contributed by atoms with Crippen molar-refractivity contribution in [3.8, 4) is 0 Å². The van der Waals surface area contributed by atoms with Gasteiger partial charge in [-0.1, -0.05) is 45.9 Å². The summed E-state index contributed by atoms with van der Waals surface area (Å²) in [6, 6.07) is 8.11. The first kappa shape index (κ1) is 14.9. The fraction of sp³-hybridized carbons (Fsp3) is 0.588. The van der Waals surface area contributed by atoms with Gasteiger partial charge in [0.05, 0.1) is 0 Å². The smallest absolute Gasteiger partial charge is 0.245 e. The van der Waals surface area contributed by atoms with Crippen molar-refractivity contribution in [3.05, 3.63) is 29.8 Å². The molecule has 1 amide bonds. The number of amides is 1. The Morgan fingerprint density at radius 1 is 1.20 bits per heavy atom. The highest BCUT2D eigenvalue weighted by atomic mass is 16.2. The van der Waals surface area contributed by atoms with E-state index in [9.17, 15) is 4.79 Å². The summed E-state index contributed by atoms with van der Waals surface area (Å²) in [7, 11) is 0. The Morgan fingerprint density at radius 2 is 1.80 bits per heavy atom. The summed E-state index contributed by atoms with van der Waals surface area (Å²) in [6.07, 6.45) is 0.807. The summed E-state index contributed by atoms with van der Waals surface area (Å²) in [4.78, 5) is 14.8. The van der Waals surface area contributed by atoms with Gasteiger partial charge in [0.2, 0.25) is 5.91 Å². The fourth-order valence-electron chi connectivity index (χ4n) is 2.80. The SMILES string of the molecule is CC(C)CN(CC(C)C)C(=O)C1Cc2ccccc2N1. The molecule has 0 radical (unpaired) electrons. The van der Waals surface area contributed by atoms with Gasteiger partial charge in [-0.2, -0.15) is 0 Å². The molecule has 1 aromatic carbocycles. The van der Waals surface area contributed by atoms with Crippen LogP contribution in [0.4, 0.5) is 5.69 Å². The van der Waals surface area contributed by atoms with Crippen molar-refractivity contribution in [2.24, 2.45) is 11.8 Å². The second-order valence-electron chi connectivity index (χ2n) is 6.59. The van der Waals surface area contributed by atoms with Crippen LogP contribution in [0.2, 0.25) is 0 Å². The molecule has 0 aromatic heterocycles. The molecule has 3 nitrogen and oxygen atoms in total. The zero-order chi connectivity index (χ0) is 14.7. The number of fused-ring (bicyclic) bond motifs is 1. The number of para-hydroxylation sites is 1. The van der Waals surface area contributed by atoms with Gasteiger partial charge in [-0.3, -0.25) is 4.79 Å². The number of hydrogen-bond donors (Lipinski definition) is 1. The maximum absolute atomic E-state index is 12.7. The van der Waals surface area contributed by atoms with Crippen LogP contribution in [0.15, 0.2) is 24.3 Å². The number of nitrogens with zero attached hydrogens (tertiary/aromatic N) is 1. The van der Waals surface area contributed by atoms with Gasteiger partial charge in [0, 0.05) is 25.2 Å². The highest BCUT2D eigenvalue weighted by Crippen LogP contribution is 2.26. The summed E-state index contributed by atoms with van der Waals surface area (Å²) >= 11 is 0. The summed E-state index contributed by atoms with van der Waals surface area (Å²) in [5.41, 5.74) is 2.36. The number of anilines is 1. The van der Waals surface area contributed by atoms with E-state index in [-0.39, 0.29) is 11.9 Å². The van der Waals surface area contributed by atoms with E-state index in [1.165, 1.54) is 5.56 Å². The molecule has 0 bridgehead atoms. The van der Waals surface area contributed by atoms with Gasteiger partial charge in [-0.15, -0.1) is 0 Å². The summed E-state index contributed by atoms with van der Waals surface area (Å²) < 4.78 is 0. The molecule has 1 heterocycles. The van der Waals surface area contributed by atoms with Crippen LogP contribution in [-0.2, 0) is 11.2 Å². The Labute approximate surface area is 122 Å². The molecule has 0 saturated heterocycles. The highest BCUT2D eigenvalue weighted by Gasteiger charge is 2.30. The molecule has 1 atom stereocenters. The van der Waals surface area contributed by atoms with Crippen molar-refractivity contribution in [3.63, 3.8) is 0 Å². The van der Waals surface area contributed by atoms with Crippen molar-refractivity contribution in [1.29, 1.82) is 0 Å². The lowest BCUT2D eigenvalue weighted by Gasteiger charge is -2.29. The molecule has 1 N–H and O–H groups in total. The molecular formula is C17H26N2O. The molecule has 1 aliphatic rings. The first-order valence-electron chi connectivity index (χ1n) is 7.60. The van der Waals surface area contributed by atoms with E-state index in [2.05, 4.69) is 45.1 Å². The minimum atomic E-state index is -0.0927. The van der Waals surface area contributed by atoms with Crippen LogP contribution in [-0.4, -0.2) is 29.9 Å². The maximum atomic E-state index is 12.7. The highest BCUT2D eigenvalue weighted by molar-refractivity contribution is 5.87. The molecule has 0 fully saturated rings. The van der Waals surface area contributed by atoms with Crippen LogP contribution in [0.1, 0.15) is 33.3 Å². The topological polar surface area (TPSA) is 32.3 Å². The number of carbonyl (C=O) groups is 1. The third kappa shape index (κ3) is 3.53. The van der Waals surface area contributed by atoms with Gasteiger partial charge >= 0.3 is 0 Å². The molecule has 1 aliphatic heterocycles. The van der Waals surface area contributed by atoms with Gasteiger partial charge in [0.1, 0.15) is 6.04 Å². The normalized spacial score (nSPS) is 17.2. The van der Waals surface area contributed by atoms with E-state index in [0.29, 0.717) is 11.8 Å². The van der Waals surface area contributed by atoms with Crippen LogP contribution < -0.4 is 5.32 Å². The fourth-order valence-corrected chi connectivity index (χ4v) is 2.80. The molecular weight excluding hydrogens is 248 g/mol. The number of hydrogen-bond acceptors (Lipinski definition) is 2. The number of carbonyl (C=O) groups excluding carboxylic acids is 1. The standard InChI is InChI=1S/C17H26N2O/c1-12(2)10-19(11-13(3)4)17(20)16-9-14-7-5-6-8-15(14)18-16/h5-8,12-13,16,18H,9-11H2,1-4H3. The molecule has 110 valence electrons. The third-order valence-electron chi connectivity index (χ3n) is 3.55. The Balaban J connectivity index is 2.05. The Hall–Kier alpha value is -1.51. The van der Waals surface area contributed by atoms with Crippen molar-refractivity contribution >= 4 is 11.6 Å². The van der Waals surface area contributed by atoms with E-state index >= 15 is 0 Å². The quantitative estimate of drug-likeness (QED) is 0.894. The monoisotopic (exact) mass is 274 g/mol. The van der Waals surface area contributed by atoms with Crippen molar-refractivity contribution < 1.29 is 4.79 Å². The van der Waals surface area contributed by atoms with Crippen molar-refractivity contribution in [1.82, 2.24) is 4.90 Å². The first-order valence-corrected chi connectivity index (χ1v) is 7.60. The van der Waals surface area contributed by atoms with Crippen LogP contribution in [0, 0.1) is 11.8 Å². The van der Waals surface area contributed by atoms with E-state index in [0.717, 1.165) is 25.2 Å². The molecule has 0 saturated carbocycles. The first-order chi connectivity index (χ1) is 9.47. The lowest BCUT2D eigenvalue weighted by molar-refractivity contribution is -0.133. The van der Waals surface area contributed by atoms with Crippen LogP contribution in [0.25, 0.3) is 0 Å². The van der Waals surface area contributed by atoms with Crippen molar-refractivity contribution in [2.75, 3.05) is 18.4 Å². The molecule has 3 heteroatoms. The van der Waals surface area contributed by atoms with E-state index in [4.69, 9.17) is 0 Å². The van der Waals surface area contributed by atoms with E-state index < -0.39 is 0 Å². The Kier molecular flexibility index (Phi) is 4.69. The average molecular weight is 274 g/mol. The molecule has 1 unspecified atom stereocenters. The molecule has 0 spiro atoms. The molecule has 2 rings (SSSR count). The van der Waals surface area contributed by atoms with Gasteiger partial charge in [-0.25, -0.2) is 0 Å². The summed E-state index contributed by atoms with van der Waals surface area (Å²) in [6.45, 7) is 10.3. The lowest BCUT2D eigenvalue weighted by Crippen LogP contribution is -2.45. The van der Waals surface area contributed by atoms with E-state index in [1.807, 2.05) is 17.0 Å². The van der Waals surface area contributed by atoms with E-state index in [1.54, 1.807) is 0 Å². The summed E-state index contributed by atoms with van der Waals surface area (Å²) in [5, 5.41) is 3.37. The predicted molar refractivity (Wildman–Crippen MR) is 83.8 cm³/mol. The number of nitrogens with one attached hydrogen (secondary N) is 1. The van der Waals surface area contributed by atoms with Gasteiger partial charge in [-0.05, 0) is 23.5 Å². The minimum Gasteiger partial charge on any atom is -0.373 e. The molecule has 1 aromatic rings. The number of rotatable bonds is 5. The number of benzene rings is 1. The van der Waals surface area contributed by atoms with Crippen LogP contribution in [0.3, 0.4) is 0 Å². The van der Waals surface area contributed by atoms with Crippen LogP contribution in [0.5, 0.6) is 0 Å². The average Bonchev–Trinajstić information content (AvgIpc) is 2.79. The third-order valence-corrected chi connectivity index (χ3v) is 3.55. The molecule has 20 heavy (non-hydrogen) atoms. The maximum Gasteiger partial charge on any atom is 0.245 e.